The van der Waals surface area contributed by atoms with Gasteiger partial charge in [-0.15, -0.1) is 0 Å². The Balaban J connectivity index is 1.94. The number of carbonyl (C=O) groups excluding carboxylic acids is 1. The summed E-state index contributed by atoms with van der Waals surface area (Å²) >= 11 is 0. The Bertz CT molecular complexity index is 976. The van der Waals surface area contributed by atoms with Crippen molar-refractivity contribution in [1.82, 2.24) is 14.9 Å². The van der Waals surface area contributed by atoms with Crippen molar-refractivity contribution in [2.45, 2.75) is 19.2 Å². The SMILES string of the molecule is CCNc1nc(Nc2cc(F)c(C3CN(C=O)CCO3)cc2OCCF)ncc1C(F)(F)F. The molecule has 0 spiro atoms. The van der Waals surface area contributed by atoms with Gasteiger partial charge in [0, 0.05) is 30.9 Å². The summed E-state index contributed by atoms with van der Waals surface area (Å²) in [5.41, 5.74) is -0.989. The number of nitrogens with one attached hydrogen (secondary N) is 2. The fourth-order valence-corrected chi connectivity index (χ4v) is 3.21. The minimum absolute atomic E-state index is 0.0179. The molecule has 1 atom stereocenters. The summed E-state index contributed by atoms with van der Waals surface area (Å²) in [7, 11) is 0. The molecule has 0 saturated carbocycles. The van der Waals surface area contributed by atoms with Crippen LogP contribution < -0.4 is 15.4 Å². The molecule has 1 amide bonds. The third kappa shape index (κ3) is 5.97. The van der Waals surface area contributed by atoms with Gasteiger partial charge in [-0.2, -0.15) is 18.2 Å². The van der Waals surface area contributed by atoms with Gasteiger partial charge in [0.05, 0.1) is 18.8 Å². The molecule has 0 aliphatic carbocycles. The van der Waals surface area contributed by atoms with E-state index in [0.717, 1.165) is 6.07 Å². The van der Waals surface area contributed by atoms with Gasteiger partial charge < -0.3 is 25.0 Å². The van der Waals surface area contributed by atoms with Gasteiger partial charge in [-0.1, -0.05) is 0 Å². The largest absolute Gasteiger partial charge is 0.489 e. The predicted octanol–water partition coefficient (Wildman–Crippen LogP) is 3.69. The third-order valence-electron chi connectivity index (χ3n) is 4.71. The van der Waals surface area contributed by atoms with Gasteiger partial charge in [0.25, 0.3) is 0 Å². The Labute approximate surface area is 186 Å². The molecule has 180 valence electrons. The molecular formula is C20H22F5N5O3. The van der Waals surface area contributed by atoms with Gasteiger partial charge in [0.15, 0.2) is 0 Å². The lowest BCUT2D eigenvalue weighted by atomic mass is 10.1. The molecule has 1 aliphatic heterocycles. The number of rotatable bonds is 9. The molecule has 8 nitrogen and oxygen atoms in total. The molecule has 0 radical (unpaired) electrons. The van der Waals surface area contributed by atoms with Gasteiger partial charge in [0.2, 0.25) is 12.4 Å². The molecule has 2 aromatic rings. The number of alkyl halides is 4. The van der Waals surface area contributed by atoms with Crippen LogP contribution in [-0.4, -0.2) is 60.8 Å². The lowest BCUT2D eigenvalue weighted by molar-refractivity contribution is -0.137. The Kier molecular flexibility index (Phi) is 7.84. The summed E-state index contributed by atoms with van der Waals surface area (Å²) < 4.78 is 78.1. The van der Waals surface area contributed by atoms with Gasteiger partial charge in [0.1, 0.15) is 42.3 Å². The highest BCUT2D eigenvalue weighted by molar-refractivity contribution is 5.65. The molecule has 1 saturated heterocycles. The summed E-state index contributed by atoms with van der Waals surface area (Å²) in [5.74, 6) is -1.40. The number of hydrogen-bond donors (Lipinski definition) is 2. The van der Waals surface area contributed by atoms with Crippen LogP contribution in [0.15, 0.2) is 18.3 Å². The lowest BCUT2D eigenvalue weighted by Crippen LogP contribution is -2.37. The smallest absolute Gasteiger partial charge is 0.421 e. The number of halogens is 5. The van der Waals surface area contributed by atoms with Crippen LogP contribution in [0.4, 0.5) is 39.4 Å². The fourth-order valence-electron chi connectivity index (χ4n) is 3.21. The van der Waals surface area contributed by atoms with E-state index in [2.05, 4.69) is 20.6 Å². The minimum Gasteiger partial charge on any atom is -0.489 e. The normalized spacial score (nSPS) is 16.4. The van der Waals surface area contributed by atoms with Crippen molar-refractivity contribution in [2.75, 3.05) is 50.2 Å². The first-order valence-electron chi connectivity index (χ1n) is 10.0. The Morgan fingerprint density at radius 2 is 2.15 bits per heavy atom. The van der Waals surface area contributed by atoms with Crippen molar-refractivity contribution in [3.8, 4) is 5.75 Å². The second-order valence-corrected chi connectivity index (χ2v) is 6.98. The maximum Gasteiger partial charge on any atom is 0.421 e. The van der Waals surface area contributed by atoms with E-state index < -0.39 is 36.2 Å². The van der Waals surface area contributed by atoms with Crippen LogP contribution in [-0.2, 0) is 15.7 Å². The maximum absolute atomic E-state index is 14.9. The molecule has 13 heteroatoms. The molecule has 2 N–H and O–H groups in total. The summed E-state index contributed by atoms with van der Waals surface area (Å²) in [6, 6.07) is 2.32. The second-order valence-electron chi connectivity index (χ2n) is 6.98. The van der Waals surface area contributed by atoms with Gasteiger partial charge in [-0.05, 0) is 13.0 Å². The summed E-state index contributed by atoms with van der Waals surface area (Å²) in [4.78, 5) is 20.0. The number of nitrogens with zero attached hydrogens (tertiary/aromatic N) is 3. The van der Waals surface area contributed by atoms with Crippen LogP contribution in [0.3, 0.4) is 0 Å². The number of hydrogen-bond acceptors (Lipinski definition) is 7. The molecule has 0 bridgehead atoms. The van der Waals surface area contributed by atoms with E-state index in [1.54, 1.807) is 6.92 Å². The predicted molar refractivity (Wildman–Crippen MR) is 109 cm³/mol. The fraction of sp³-hybridized carbons (Fsp3) is 0.450. The number of aromatic nitrogens is 2. The number of carbonyl (C=O) groups is 1. The zero-order chi connectivity index (χ0) is 24.0. The molecule has 3 rings (SSSR count). The van der Waals surface area contributed by atoms with E-state index in [1.165, 1.54) is 11.0 Å². The lowest BCUT2D eigenvalue weighted by Gasteiger charge is -2.31. The molecular weight excluding hydrogens is 453 g/mol. The van der Waals surface area contributed by atoms with E-state index in [4.69, 9.17) is 9.47 Å². The molecule has 1 aromatic heterocycles. The topological polar surface area (TPSA) is 88.6 Å². The molecule has 1 unspecified atom stereocenters. The number of morpholine rings is 1. The Morgan fingerprint density at radius 1 is 1.36 bits per heavy atom. The molecule has 1 aliphatic rings. The van der Waals surface area contributed by atoms with Crippen LogP contribution in [0, 0.1) is 5.82 Å². The highest BCUT2D eigenvalue weighted by Crippen LogP contribution is 2.37. The van der Waals surface area contributed by atoms with Crippen molar-refractivity contribution in [2.24, 2.45) is 0 Å². The maximum atomic E-state index is 14.9. The average molecular weight is 475 g/mol. The molecule has 1 aromatic carbocycles. The zero-order valence-corrected chi connectivity index (χ0v) is 17.6. The number of benzene rings is 1. The highest BCUT2D eigenvalue weighted by Gasteiger charge is 2.35. The monoisotopic (exact) mass is 475 g/mol. The molecule has 2 heterocycles. The van der Waals surface area contributed by atoms with Crippen molar-refractivity contribution < 1.29 is 36.2 Å². The van der Waals surface area contributed by atoms with E-state index in [1.807, 2.05) is 0 Å². The summed E-state index contributed by atoms with van der Waals surface area (Å²) in [5, 5.41) is 5.14. The molecule has 1 fully saturated rings. The summed E-state index contributed by atoms with van der Waals surface area (Å²) in [6.07, 6.45) is -4.21. The van der Waals surface area contributed by atoms with Crippen molar-refractivity contribution in [1.29, 1.82) is 0 Å². The molecule has 33 heavy (non-hydrogen) atoms. The van der Waals surface area contributed by atoms with E-state index in [-0.39, 0.29) is 49.3 Å². The van der Waals surface area contributed by atoms with Gasteiger partial charge >= 0.3 is 6.18 Å². The van der Waals surface area contributed by atoms with E-state index in [0.29, 0.717) is 19.2 Å². The zero-order valence-electron chi connectivity index (χ0n) is 17.6. The van der Waals surface area contributed by atoms with Crippen LogP contribution in [0.1, 0.15) is 24.2 Å². The third-order valence-corrected chi connectivity index (χ3v) is 4.71. The standard InChI is InChI=1S/C20H22F5N5O3/c1-2-26-18-13(20(23,24)25)9-27-19(29-18)28-15-8-14(22)12(7-16(15)32-5-3-21)17-10-30(11-31)4-6-33-17/h7-9,11,17H,2-6,10H2,1H3,(H2,26,27,28,29). The van der Waals surface area contributed by atoms with Crippen molar-refractivity contribution in [3.05, 3.63) is 35.3 Å². The van der Waals surface area contributed by atoms with Crippen LogP contribution >= 0.6 is 0 Å². The van der Waals surface area contributed by atoms with Crippen molar-refractivity contribution in [3.63, 3.8) is 0 Å². The van der Waals surface area contributed by atoms with Gasteiger partial charge in [-0.25, -0.2) is 13.8 Å². The second kappa shape index (κ2) is 10.6. The Hall–Kier alpha value is -3.22. The first kappa shape index (κ1) is 24.4. The first-order chi connectivity index (χ1) is 15.8. The van der Waals surface area contributed by atoms with Crippen LogP contribution in [0.2, 0.25) is 0 Å². The Morgan fingerprint density at radius 3 is 2.82 bits per heavy atom. The van der Waals surface area contributed by atoms with E-state index in [9.17, 15) is 26.7 Å². The van der Waals surface area contributed by atoms with Gasteiger partial charge in [-0.3, -0.25) is 4.79 Å². The minimum atomic E-state index is -4.67. The van der Waals surface area contributed by atoms with Crippen molar-refractivity contribution >= 4 is 23.9 Å². The summed E-state index contributed by atoms with van der Waals surface area (Å²) in [6.45, 7) is 1.29. The average Bonchev–Trinajstić information content (AvgIpc) is 2.78. The number of amides is 1. The van der Waals surface area contributed by atoms with Crippen LogP contribution in [0.5, 0.6) is 5.75 Å². The number of ether oxygens (including phenoxy) is 2. The number of anilines is 3. The first-order valence-corrected chi connectivity index (χ1v) is 10.0. The van der Waals surface area contributed by atoms with E-state index >= 15 is 0 Å². The quantitative estimate of drug-likeness (QED) is 0.423. The highest BCUT2D eigenvalue weighted by atomic mass is 19.4. The van der Waals surface area contributed by atoms with Crippen LogP contribution in [0.25, 0.3) is 0 Å².